The molecule has 3 nitrogen and oxygen atoms in total. The molecule has 0 aliphatic heterocycles. The van der Waals surface area contributed by atoms with E-state index in [9.17, 15) is 13.2 Å². The summed E-state index contributed by atoms with van der Waals surface area (Å²) < 4.78 is 40.0. The number of alkyl halides is 3. The number of thiophene rings is 1. The van der Waals surface area contributed by atoms with Crippen molar-refractivity contribution in [1.29, 1.82) is 0 Å². The highest BCUT2D eigenvalue weighted by Crippen LogP contribution is 2.39. The molecule has 0 amide bonds. The van der Waals surface area contributed by atoms with Crippen LogP contribution in [0.5, 0.6) is 0 Å². The molecular weight excluding hydrogens is 395 g/mol. The van der Waals surface area contributed by atoms with E-state index in [1.165, 1.54) is 29.8 Å². The molecule has 0 aliphatic rings. The number of nitrogens with zero attached hydrogens (tertiary/aromatic N) is 2. The molecule has 0 saturated carbocycles. The van der Waals surface area contributed by atoms with Crippen molar-refractivity contribution in [2.24, 2.45) is 0 Å². The van der Waals surface area contributed by atoms with Crippen LogP contribution >= 0.6 is 22.9 Å². The van der Waals surface area contributed by atoms with E-state index in [1.807, 2.05) is 35.7 Å². The van der Waals surface area contributed by atoms with Gasteiger partial charge in [0.2, 0.25) is 0 Å². The van der Waals surface area contributed by atoms with Gasteiger partial charge in [0, 0.05) is 16.6 Å². The SMILES string of the molecule is FC(F)(F)c1cc(Nc2ncnc3c(-c4ccccc4)csc23)ccc1Cl. The van der Waals surface area contributed by atoms with Gasteiger partial charge in [-0.15, -0.1) is 11.3 Å². The van der Waals surface area contributed by atoms with E-state index in [0.717, 1.165) is 27.4 Å². The molecular formula is C19H11ClF3N3S. The van der Waals surface area contributed by atoms with Gasteiger partial charge in [0.05, 0.1) is 20.8 Å². The van der Waals surface area contributed by atoms with E-state index in [2.05, 4.69) is 15.3 Å². The quantitative estimate of drug-likeness (QED) is 0.408. The van der Waals surface area contributed by atoms with Crippen molar-refractivity contribution in [3.05, 3.63) is 70.8 Å². The molecule has 2 heterocycles. The van der Waals surface area contributed by atoms with Crippen LogP contribution in [0.15, 0.2) is 60.2 Å². The van der Waals surface area contributed by atoms with Gasteiger partial charge in [0.15, 0.2) is 5.82 Å². The number of rotatable bonds is 3. The predicted molar refractivity (Wildman–Crippen MR) is 103 cm³/mol. The van der Waals surface area contributed by atoms with Crippen molar-refractivity contribution in [3.63, 3.8) is 0 Å². The number of hydrogen-bond acceptors (Lipinski definition) is 4. The molecule has 0 unspecified atom stereocenters. The summed E-state index contributed by atoms with van der Waals surface area (Å²) in [5, 5.41) is 4.57. The number of halogens is 4. The first-order valence-electron chi connectivity index (χ1n) is 7.85. The third-order valence-electron chi connectivity index (χ3n) is 3.97. The van der Waals surface area contributed by atoms with Crippen LogP contribution in [0.25, 0.3) is 21.3 Å². The van der Waals surface area contributed by atoms with Gasteiger partial charge in [0.25, 0.3) is 0 Å². The summed E-state index contributed by atoms with van der Waals surface area (Å²) in [6, 6.07) is 13.4. The van der Waals surface area contributed by atoms with Gasteiger partial charge in [-0.3, -0.25) is 0 Å². The third-order valence-corrected chi connectivity index (χ3v) is 5.28. The van der Waals surface area contributed by atoms with Gasteiger partial charge >= 0.3 is 6.18 Å². The first-order chi connectivity index (χ1) is 12.9. The van der Waals surface area contributed by atoms with Gasteiger partial charge in [-0.05, 0) is 23.8 Å². The summed E-state index contributed by atoms with van der Waals surface area (Å²) in [4.78, 5) is 8.55. The molecule has 4 rings (SSSR count). The molecule has 0 fully saturated rings. The molecule has 4 aromatic rings. The van der Waals surface area contributed by atoms with Crippen LogP contribution in [0, 0.1) is 0 Å². The molecule has 0 radical (unpaired) electrons. The van der Waals surface area contributed by atoms with Crippen LogP contribution in [0.1, 0.15) is 5.56 Å². The number of aromatic nitrogens is 2. The maximum Gasteiger partial charge on any atom is 0.417 e. The highest BCUT2D eigenvalue weighted by atomic mass is 35.5. The zero-order valence-corrected chi connectivity index (χ0v) is 15.2. The summed E-state index contributed by atoms with van der Waals surface area (Å²) in [7, 11) is 0. The Morgan fingerprint density at radius 3 is 2.52 bits per heavy atom. The molecule has 0 spiro atoms. The van der Waals surface area contributed by atoms with Crippen LogP contribution in [-0.4, -0.2) is 9.97 Å². The Morgan fingerprint density at radius 1 is 1.00 bits per heavy atom. The van der Waals surface area contributed by atoms with Crippen LogP contribution in [0.4, 0.5) is 24.7 Å². The Hall–Kier alpha value is -2.64. The maximum atomic E-state index is 13.1. The fraction of sp³-hybridized carbons (Fsp3) is 0.0526. The van der Waals surface area contributed by atoms with E-state index in [4.69, 9.17) is 11.6 Å². The van der Waals surface area contributed by atoms with E-state index in [-0.39, 0.29) is 10.7 Å². The molecule has 0 atom stereocenters. The Labute approximate surface area is 161 Å². The number of benzene rings is 2. The fourth-order valence-corrected chi connectivity index (χ4v) is 3.92. The minimum atomic E-state index is -4.53. The topological polar surface area (TPSA) is 37.8 Å². The Bertz CT molecular complexity index is 1110. The number of fused-ring (bicyclic) bond motifs is 1. The minimum Gasteiger partial charge on any atom is -0.339 e. The van der Waals surface area contributed by atoms with E-state index in [1.54, 1.807) is 0 Å². The standard InChI is InChI=1S/C19H11ClF3N3S/c20-15-7-6-12(8-14(15)19(21,22)23)26-18-17-16(24-10-25-18)13(9-27-17)11-4-2-1-3-5-11/h1-10H,(H,24,25,26). The zero-order valence-electron chi connectivity index (χ0n) is 13.6. The molecule has 0 saturated heterocycles. The zero-order chi connectivity index (χ0) is 19.0. The molecule has 8 heteroatoms. The fourth-order valence-electron chi connectivity index (χ4n) is 2.72. The smallest absolute Gasteiger partial charge is 0.339 e. The van der Waals surface area contributed by atoms with Gasteiger partial charge in [0.1, 0.15) is 6.33 Å². The van der Waals surface area contributed by atoms with E-state index in [0.29, 0.717) is 5.82 Å². The number of hydrogen-bond donors (Lipinski definition) is 1. The normalized spacial score (nSPS) is 11.7. The highest BCUT2D eigenvalue weighted by molar-refractivity contribution is 7.18. The molecule has 2 aromatic heterocycles. The first kappa shape index (κ1) is 17.8. The van der Waals surface area contributed by atoms with Crippen molar-refractivity contribution in [2.75, 3.05) is 5.32 Å². The average Bonchev–Trinajstić information content (AvgIpc) is 3.08. The number of anilines is 2. The van der Waals surface area contributed by atoms with Crippen LogP contribution in [-0.2, 0) is 6.18 Å². The molecule has 27 heavy (non-hydrogen) atoms. The van der Waals surface area contributed by atoms with Crippen molar-refractivity contribution in [2.45, 2.75) is 6.18 Å². The van der Waals surface area contributed by atoms with Gasteiger partial charge in [-0.2, -0.15) is 13.2 Å². The predicted octanol–water partition coefficient (Wildman–Crippen LogP) is 6.77. The lowest BCUT2D eigenvalue weighted by Gasteiger charge is -2.12. The monoisotopic (exact) mass is 405 g/mol. The lowest BCUT2D eigenvalue weighted by molar-refractivity contribution is -0.137. The summed E-state index contributed by atoms with van der Waals surface area (Å²) in [6.07, 6.45) is -3.14. The first-order valence-corrected chi connectivity index (χ1v) is 9.10. The van der Waals surface area contributed by atoms with Crippen LogP contribution < -0.4 is 5.32 Å². The minimum absolute atomic E-state index is 0.251. The molecule has 0 aliphatic carbocycles. The van der Waals surface area contributed by atoms with E-state index >= 15 is 0 Å². The summed E-state index contributed by atoms with van der Waals surface area (Å²) in [5.41, 5.74) is 2.07. The molecule has 1 N–H and O–H groups in total. The van der Waals surface area contributed by atoms with Crippen molar-refractivity contribution >= 4 is 44.7 Å². The van der Waals surface area contributed by atoms with Gasteiger partial charge in [-0.25, -0.2) is 9.97 Å². The lowest BCUT2D eigenvalue weighted by atomic mass is 10.1. The molecule has 2 aromatic carbocycles. The second-order valence-corrected chi connectivity index (χ2v) is 7.02. The largest absolute Gasteiger partial charge is 0.417 e. The van der Waals surface area contributed by atoms with Crippen molar-refractivity contribution in [1.82, 2.24) is 9.97 Å². The average molecular weight is 406 g/mol. The summed E-state index contributed by atoms with van der Waals surface area (Å²) in [6.45, 7) is 0. The summed E-state index contributed by atoms with van der Waals surface area (Å²) >= 11 is 7.11. The van der Waals surface area contributed by atoms with Crippen molar-refractivity contribution in [3.8, 4) is 11.1 Å². The molecule has 0 bridgehead atoms. The Balaban J connectivity index is 1.75. The lowest BCUT2D eigenvalue weighted by Crippen LogP contribution is -2.06. The Morgan fingerprint density at radius 2 is 1.78 bits per heavy atom. The highest BCUT2D eigenvalue weighted by Gasteiger charge is 2.33. The number of nitrogens with one attached hydrogen (secondary N) is 1. The maximum absolute atomic E-state index is 13.1. The van der Waals surface area contributed by atoms with Gasteiger partial charge < -0.3 is 5.32 Å². The second-order valence-electron chi connectivity index (χ2n) is 5.73. The molecule has 136 valence electrons. The van der Waals surface area contributed by atoms with Crippen molar-refractivity contribution < 1.29 is 13.2 Å². The Kier molecular flexibility index (Phi) is 4.49. The van der Waals surface area contributed by atoms with Crippen LogP contribution in [0.2, 0.25) is 5.02 Å². The van der Waals surface area contributed by atoms with Gasteiger partial charge in [-0.1, -0.05) is 41.9 Å². The second kappa shape index (κ2) is 6.83. The summed E-state index contributed by atoms with van der Waals surface area (Å²) in [5.74, 6) is 0.447. The third kappa shape index (κ3) is 3.48. The van der Waals surface area contributed by atoms with E-state index < -0.39 is 11.7 Å². The van der Waals surface area contributed by atoms with Crippen LogP contribution in [0.3, 0.4) is 0 Å².